The van der Waals surface area contributed by atoms with E-state index < -0.39 is 0 Å². The Morgan fingerprint density at radius 3 is 2.40 bits per heavy atom. The number of nitrogens with one attached hydrogen (secondary N) is 1. The molecule has 0 unspecified atom stereocenters. The van der Waals surface area contributed by atoms with Gasteiger partial charge in [0.05, 0.1) is 6.26 Å². The Labute approximate surface area is 145 Å². The highest BCUT2D eigenvalue weighted by atomic mass is 16.3. The number of imidazole rings is 1. The van der Waals surface area contributed by atoms with Gasteiger partial charge in [-0.15, -0.1) is 0 Å². The summed E-state index contributed by atoms with van der Waals surface area (Å²) in [5.74, 6) is 0.162. The third-order valence-corrected chi connectivity index (χ3v) is 4.69. The van der Waals surface area contributed by atoms with Gasteiger partial charge in [-0.2, -0.15) is 0 Å². The number of hydrogen-bond donors (Lipinski definition) is 1. The van der Waals surface area contributed by atoms with Gasteiger partial charge >= 0.3 is 5.69 Å². The summed E-state index contributed by atoms with van der Waals surface area (Å²) in [5.41, 5.74) is 1.49. The van der Waals surface area contributed by atoms with Gasteiger partial charge in [0.25, 0.3) is 5.91 Å². The highest BCUT2D eigenvalue weighted by Crippen LogP contribution is 2.11. The highest BCUT2D eigenvalue weighted by Gasteiger charge is 2.26. The van der Waals surface area contributed by atoms with Crippen LogP contribution in [0.3, 0.4) is 0 Å². The highest BCUT2D eigenvalue weighted by molar-refractivity contribution is 5.91. The third kappa shape index (κ3) is 3.52. The Morgan fingerprint density at radius 1 is 1.16 bits per heavy atom. The monoisotopic (exact) mass is 346 g/mol. The van der Waals surface area contributed by atoms with Crippen LogP contribution in [0, 0.1) is 13.8 Å². The normalized spacial score (nSPS) is 14.8. The molecule has 0 radical (unpaired) electrons. The van der Waals surface area contributed by atoms with Crippen LogP contribution in [-0.4, -0.2) is 57.3 Å². The Balaban J connectivity index is 1.52. The molecule has 2 aromatic heterocycles. The molecule has 8 nitrogen and oxygen atoms in total. The second kappa shape index (κ2) is 7.00. The van der Waals surface area contributed by atoms with Crippen molar-refractivity contribution in [3.8, 4) is 0 Å². The smallest absolute Gasteiger partial charge is 0.325 e. The molecular weight excluding hydrogens is 324 g/mol. The van der Waals surface area contributed by atoms with Crippen molar-refractivity contribution in [2.45, 2.75) is 26.8 Å². The van der Waals surface area contributed by atoms with E-state index in [2.05, 4.69) is 4.98 Å². The predicted molar refractivity (Wildman–Crippen MR) is 90.3 cm³/mol. The van der Waals surface area contributed by atoms with Crippen molar-refractivity contribution in [2.24, 2.45) is 0 Å². The van der Waals surface area contributed by atoms with Crippen molar-refractivity contribution in [3.05, 3.63) is 46.0 Å². The van der Waals surface area contributed by atoms with Crippen LogP contribution in [0.25, 0.3) is 0 Å². The van der Waals surface area contributed by atoms with Crippen LogP contribution in [0.4, 0.5) is 0 Å². The molecule has 1 fully saturated rings. The van der Waals surface area contributed by atoms with E-state index >= 15 is 0 Å². The summed E-state index contributed by atoms with van der Waals surface area (Å²) in [6.07, 6.45) is 1.74. The second-order valence-corrected chi connectivity index (χ2v) is 6.19. The topological polar surface area (TPSA) is 91.5 Å². The quantitative estimate of drug-likeness (QED) is 0.885. The largest absolute Gasteiger partial charge is 0.459 e. The van der Waals surface area contributed by atoms with Crippen molar-refractivity contribution in [1.29, 1.82) is 0 Å². The lowest BCUT2D eigenvalue weighted by Crippen LogP contribution is -2.50. The van der Waals surface area contributed by atoms with Gasteiger partial charge < -0.3 is 19.2 Å². The summed E-state index contributed by atoms with van der Waals surface area (Å²) < 4.78 is 6.71. The summed E-state index contributed by atoms with van der Waals surface area (Å²) in [6.45, 7) is 6.00. The number of amides is 2. The van der Waals surface area contributed by atoms with Gasteiger partial charge in [0.2, 0.25) is 5.91 Å². The van der Waals surface area contributed by atoms with Crippen molar-refractivity contribution in [1.82, 2.24) is 19.4 Å². The molecule has 0 aliphatic carbocycles. The molecule has 0 atom stereocenters. The van der Waals surface area contributed by atoms with Crippen molar-refractivity contribution in [2.75, 3.05) is 26.2 Å². The number of aromatic amines is 1. The SMILES string of the molecule is Cc1[nH]c(=O)n(CCC(=O)N2CCN(C(=O)c3ccco3)CC2)c1C. The average Bonchev–Trinajstić information content (AvgIpc) is 3.22. The second-order valence-electron chi connectivity index (χ2n) is 6.19. The van der Waals surface area contributed by atoms with Crippen LogP contribution in [0.2, 0.25) is 0 Å². The van der Waals surface area contributed by atoms with Crippen LogP contribution < -0.4 is 5.69 Å². The minimum atomic E-state index is -0.184. The van der Waals surface area contributed by atoms with E-state index in [1.807, 2.05) is 13.8 Å². The molecule has 3 heterocycles. The number of aromatic nitrogens is 2. The van der Waals surface area contributed by atoms with Crippen LogP contribution in [0.1, 0.15) is 28.4 Å². The number of carbonyl (C=O) groups excluding carboxylic acids is 2. The molecule has 0 spiro atoms. The minimum Gasteiger partial charge on any atom is -0.459 e. The molecule has 3 rings (SSSR count). The van der Waals surface area contributed by atoms with E-state index in [0.717, 1.165) is 11.4 Å². The molecular formula is C17H22N4O4. The van der Waals surface area contributed by atoms with Crippen LogP contribution >= 0.6 is 0 Å². The summed E-state index contributed by atoms with van der Waals surface area (Å²) >= 11 is 0. The molecule has 134 valence electrons. The minimum absolute atomic E-state index is 0.00440. The van der Waals surface area contributed by atoms with E-state index in [1.165, 1.54) is 6.26 Å². The molecule has 1 aliphatic rings. The fourth-order valence-electron chi connectivity index (χ4n) is 3.02. The van der Waals surface area contributed by atoms with Crippen LogP contribution in [-0.2, 0) is 11.3 Å². The number of furan rings is 1. The molecule has 25 heavy (non-hydrogen) atoms. The van der Waals surface area contributed by atoms with Crippen LogP contribution in [0.5, 0.6) is 0 Å². The first kappa shape index (κ1) is 17.1. The number of rotatable bonds is 4. The number of carbonyl (C=O) groups is 2. The molecule has 1 saturated heterocycles. The zero-order valence-electron chi connectivity index (χ0n) is 14.4. The number of nitrogens with zero attached hydrogens (tertiary/aromatic N) is 3. The maximum atomic E-state index is 12.4. The van der Waals surface area contributed by atoms with E-state index in [4.69, 9.17) is 4.42 Å². The number of H-pyrrole nitrogens is 1. The van der Waals surface area contributed by atoms with Crippen molar-refractivity contribution >= 4 is 11.8 Å². The van der Waals surface area contributed by atoms with Crippen molar-refractivity contribution < 1.29 is 14.0 Å². The van der Waals surface area contributed by atoms with E-state index in [1.54, 1.807) is 26.5 Å². The van der Waals surface area contributed by atoms with E-state index in [-0.39, 0.29) is 23.9 Å². The zero-order valence-corrected chi connectivity index (χ0v) is 14.4. The number of hydrogen-bond acceptors (Lipinski definition) is 4. The molecule has 0 aromatic carbocycles. The molecule has 0 saturated carbocycles. The van der Waals surface area contributed by atoms with Gasteiger partial charge in [-0.05, 0) is 26.0 Å². The molecule has 1 N–H and O–H groups in total. The first-order valence-corrected chi connectivity index (χ1v) is 8.34. The molecule has 2 amide bonds. The van der Waals surface area contributed by atoms with Crippen molar-refractivity contribution in [3.63, 3.8) is 0 Å². The first-order chi connectivity index (χ1) is 12.0. The maximum Gasteiger partial charge on any atom is 0.325 e. The van der Waals surface area contributed by atoms with E-state index in [9.17, 15) is 14.4 Å². The standard InChI is InChI=1S/C17H22N4O4/c1-12-13(2)21(17(24)18-12)6-5-15(22)19-7-9-20(10-8-19)16(23)14-4-3-11-25-14/h3-4,11H,5-10H2,1-2H3,(H,18,24). The van der Waals surface area contributed by atoms with Gasteiger partial charge in [-0.1, -0.05) is 0 Å². The van der Waals surface area contributed by atoms with Gasteiger partial charge in [0.1, 0.15) is 0 Å². The first-order valence-electron chi connectivity index (χ1n) is 8.34. The third-order valence-electron chi connectivity index (χ3n) is 4.69. The Kier molecular flexibility index (Phi) is 4.78. The molecule has 0 bridgehead atoms. The summed E-state index contributed by atoms with van der Waals surface area (Å²) in [7, 11) is 0. The lowest BCUT2D eigenvalue weighted by molar-refractivity contribution is -0.132. The van der Waals surface area contributed by atoms with Gasteiger partial charge in [0.15, 0.2) is 5.76 Å². The van der Waals surface area contributed by atoms with Gasteiger partial charge in [-0.25, -0.2) is 4.79 Å². The molecule has 2 aromatic rings. The Bertz CT molecular complexity index is 810. The lowest BCUT2D eigenvalue weighted by Gasteiger charge is -2.34. The van der Waals surface area contributed by atoms with E-state index in [0.29, 0.717) is 38.5 Å². The van der Waals surface area contributed by atoms with Gasteiger partial charge in [-0.3, -0.25) is 14.2 Å². The fourth-order valence-corrected chi connectivity index (χ4v) is 3.02. The molecule has 8 heteroatoms. The summed E-state index contributed by atoms with van der Waals surface area (Å²) in [4.78, 5) is 42.6. The number of aryl methyl sites for hydroxylation is 1. The lowest BCUT2D eigenvalue weighted by atomic mass is 10.2. The summed E-state index contributed by atoms with van der Waals surface area (Å²) in [5, 5.41) is 0. The predicted octanol–water partition coefficient (Wildman–Crippen LogP) is 0.761. The van der Waals surface area contributed by atoms with Gasteiger partial charge in [0, 0.05) is 50.5 Å². The Hall–Kier alpha value is -2.77. The zero-order chi connectivity index (χ0) is 18.0. The van der Waals surface area contributed by atoms with Crippen LogP contribution in [0.15, 0.2) is 27.6 Å². The summed E-state index contributed by atoms with van der Waals surface area (Å²) in [6, 6.07) is 3.32. The maximum absolute atomic E-state index is 12.4. The fraction of sp³-hybridized carbons (Fsp3) is 0.471. The average molecular weight is 346 g/mol. The molecule has 1 aliphatic heterocycles. The Morgan fingerprint density at radius 2 is 1.84 bits per heavy atom. The number of piperazine rings is 1.